The van der Waals surface area contributed by atoms with Crippen LogP contribution in [0.3, 0.4) is 0 Å². The van der Waals surface area contributed by atoms with Gasteiger partial charge >= 0.3 is 0 Å². The molecule has 0 aliphatic rings. The second kappa shape index (κ2) is 10.5. The lowest BCUT2D eigenvalue weighted by molar-refractivity contribution is 0.791. The number of pyridine rings is 3. The van der Waals surface area contributed by atoms with Crippen molar-refractivity contribution >= 4 is 28.0 Å². The number of anilines is 2. The number of nitrogen functional groups attached to an aromatic ring is 1. The van der Waals surface area contributed by atoms with Crippen LogP contribution in [0.1, 0.15) is 37.7 Å². The Balaban J connectivity index is 1.46. The lowest BCUT2D eigenvalue weighted by Crippen LogP contribution is -2.02. The molecule has 0 amide bonds. The number of unbranched alkanes of at least 4 members (excludes halogenated alkanes) is 1. The summed E-state index contributed by atoms with van der Waals surface area (Å²) in [6.07, 6.45) is 10.3. The first-order chi connectivity index (χ1) is 18.0. The monoisotopic (exact) mass is 487 g/mol. The van der Waals surface area contributed by atoms with Crippen molar-refractivity contribution in [2.45, 2.75) is 26.2 Å². The highest BCUT2D eigenvalue weighted by Gasteiger charge is 2.16. The minimum absolute atomic E-state index is 0.525. The number of H-pyrrole nitrogens is 1. The summed E-state index contributed by atoms with van der Waals surface area (Å²) in [5.41, 5.74) is 15.2. The van der Waals surface area contributed by atoms with Gasteiger partial charge in [-0.3, -0.25) is 9.97 Å². The Morgan fingerprint density at radius 1 is 0.973 bits per heavy atom. The van der Waals surface area contributed by atoms with E-state index >= 15 is 0 Å². The first kappa shape index (κ1) is 23.9. The molecule has 0 unspecified atom stereocenters. The molecule has 0 aliphatic carbocycles. The maximum Gasteiger partial charge on any atom is 0.140 e. The number of aromatic amines is 1. The molecule has 5 aromatic rings. The molecule has 0 saturated carbocycles. The Labute approximate surface area is 216 Å². The first-order valence-electron chi connectivity index (χ1n) is 12.3. The van der Waals surface area contributed by atoms with Gasteiger partial charge in [0, 0.05) is 46.6 Å². The van der Waals surface area contributed by atoms with E-state index in [0.29, 0.717) is 22.8 Å². The predicted octanol–water partition coefficient (Wildman–Crippen LogP) is 6.84. The lowest BCUT2D eigenvalue weighted by Gasteiger charge is -2.12. The number of hydrogen-bond donors (Lipinski definition) is 3. The van der Waals surface area contributed by atoms with Gasteiger partial charge in [0.05, 0.1) is 40.0 Å². The third-order valence-corrected chi connectivity index (χ3v) is 6.17. The van der Waals surface area contributed by atoms with E-state index in [1.165, 1.54) is 0 Å². The van der Waals surface area contributed by atoms with Gasteiger partial charge in [0.2, 0.25) is 0 Å². The summed E-state index contributed by atoms with van der Waals surface area (Å²) in [6, 6.07) is 15.7. The Hall–Kier alpha value is -4.78. The summed E-state index contributed by atoms with van der Waals surface area (Å²) in [7, 11) is 0. The fourth-order valence-electron chi connectivity index (χ4n) is 4.22. The minimum atomic E-state index is 0.525. The standard InChI is InChI=1S/C30H29N7/c1-4-5-8-19(2)34-23-15-22(17-33-18-23)26-13-12-25(31)28(35-26)20(3)30-36-27-11-6-10-24(29(27)37-30)21-9-7-14-32-16-21/h6-7,9-18,34H,2-5,8,31H2,1H3,(H,36,37). The van der Waals surface area contributed by atoms with Crippen LogP contribution in [0, 0.1) is 0 Å². The van der Waals surface area contributed by atoms with E-state index in [-0.39, 0.29) is 0 Å². The van der Waals surface area contributed by atoms with Gasteiger partial charge in [0.1, 0.15) is 5.82 Å². The third kappa shape index (κ3) is 5.11. The molecule has 0 fully saturated rings. The maximum absolute atomic E-state index is 6.35. The van der Waals surface area contributed by atoms with Crippen LogP contribution in [0.4, 0.5) is 11.4 Å². The van der Waals surface area contributed by atoms with Crippen molar-refractivity contribution in [3.63, 3.8) is 0 Å². The summed E-state index contributed by atoms with van der Waals surface area (Å²) in [4.78, 5) is 21.7. The largest absolute Gasteiger partial charge is 0.397 e. The van der Waals surface area contributed by atoms with E-state index in [2.05, 4.69) is 40.4 Å². The van der Waals surface area contributed by atoms with Crippen LogP contribution >= 0.6 is 0 Å². The molecular weight excluding hydrogens is 458 g/mol. The van der Waals surface area contributed by atoms with E-state index in [1.807, 2.05) is 54.7 Å². The van der Waals surface area contributed by atoms with Crippen molar-refractivity contribution in [2.75, 3.05) is 11.1 Å². The average molecular weight is 488 g/mol. The van der Waals surface area contributed by atoms with Gasteiger partial charge in [-0.1, -0.05) is 44.7 Å². The SMILES string of the molecule is C=C(CCCC)Nc1cncc(-c2ccc(N)c(C(=C)c3nc4c(-c5cccnc5)cccc4[nH]3)n2)c1. The molecule has 1 aromatic carbocycles. The van der Waals surface area contributed by atoms with Crippen LogP contribution in [0.15, 0.2) is 92.2 Å². The fraction of sp³-hybridized carbons (Fsp3) is 0.133. The van der Waals surface area contributed by atoms with E-state index in [4.69, 9.17) is 15.7 Å². The fourth-order valence-corrected chi connectivity index (χ4v) is 4.22. The Morgan fingerprint density at radius 3 is 2.65 bits per heavy atom. The van der Waals surface area contributed by atoms with E-state index in [1.54, 1.807) is 18.6 Å². The van der Waals surface area contributed by atoms with Crippen LogP contribution in [0.25, 0.3) is 39.0 Å². The smallest absolute Gasteiger partial charge is 0.140 e. The number of aromatic nitrogens is 5. The molecule has 4 heterocycles. The van der Waals surface area contributed by atoms with Crippen molar-refractivity contribution in [1.29, 1.82) is 0 Å². The van der Waals surface area contributed by atoms with Crippen LogP contribution in [-0.2, 0) is 0 Å². The zero-order valence-electron chi connectivity index (χ0n) is 20.8. The van der Waals surface area contributed by atoms with Crippen molar-refractivity contribution in [3.8, 4) is 22.4 Å². The summed E-state index contributed by atoms with van der Waals surface area (Å²) in [5.74, 6) is 0.614. The van der Waals surface area contributed by atoms with Crippen molar-refractivity contribution in [1.82, 2.24) is 24.9 Å². The van der Waals surface area contributed by atoms with Crippen molar-refractivity contribution in [2.24, 2.45) is 0 Å². The van der Waals surface area contributed by atoms with E-state index in [9.17, 15) is 0 Å². The predicted molar refractivity (Wildman–Crippen MR) is 152 cm³/mol. The van der Waals surface area contributed by atoms with E-state index in [0.717, 1.165) is 64.1 Å². The third-order valence-electron chi connectivity index (χ3n) is 6.17. The zero-order chi connectivity index (χ0) is 25.8. The normalized spacial score (nSPS) is 10.9. The molecule has 7 nitrogen and oxygen atoms in total. The number of para-hydroxylation sites is 1. The molecule has 7 heteroatoms. The number of imidazole rings is 1. The average Bonchev–Trinajstić information content (AvgIpc) is 3.37. The summed E-state index contributed by atoms with van der Waals surface area (Å²) in [5, 5.41) is 3.35. The number of rotatable bonds is 9. The van der Waals surface area contributed by atoms with Gasteiger partial charge in [-0.15, -0.1) is 0 Å². The van der Waals surface area contributed by atoms with Crippen molar-refractivity contribution < 1.29 is 0 Å². The molecule has 0 atom stereocenters. The number of nitrogens with zero attached hydrogens (tertiary/aromatic N) is 4. The molecule has 0 spiro atoms. The molecule has 0 bridgehead atoms. The quantitative estimate of drug-likeness (QED) is 0.210. The van der Waals surface area contributed by atoms with Crippen LogP contribution in [-0.4, -0.2) is 24.9 Å². The van der Waals surface area contributed by atoms with Gasteiger partial charge in [-0.25, -0.2) is 9.97 Å². The Kier molecular flexibility index (Phi) is 6.76. The number of fused-ring (bicyclic) bond motifs is 1. The Bertz CT molecular complexity index is 1580. The second-order valence-corrected chi connectivity index (χ2v) is 8.94. The molecule has 5 rings (SSSR count). The molecule has 37 heavy (non-hydrogen) atoms. The topological polar surface area (TPSA) is 105 Å². The summed E-state index contributed by atoms with van der Waals surface area (Å²) >= 11 is 0. The van der Waals surface area contributed by atoms with Crippen LogP contribution in [0.2, 0.25) is 0 Å². The van der Waals surface area contributed by atoms with Crippen LogP contribution < -0.4 is 11.1 Å². The molecule has 0 aliphatic heterocycles. The molecule has 184 valence electrons. The second-order valence-electron chi connectivity index (χ2n) is 8.94. The molecule has 0 saturated heterocycles. The lowest BCUT2D eigenvalue weighted by atomic mass is 10.1. The number of hydrogen-bond acceptors (Lipinski definition) is 6. The van der Waals surface area contributed by atoms with Gasteiger partial charge in [0.25, 0.3) is 0 Å². The van der Waals surface area contributed by atoms with Crippen LogP contribution in [0.5, 0.6) is 0 Å². The summed E-state index contributed by atoms with van der Waals surface area (Å²) in [6.45, 7) is 10.6. The van der Waals surface area contributed by atoms with Gasteiger partial charge < -0.3 is 16.0 Å². The number of nitrogens with two attached hydrogens (primary N) is 1. The van der Waals surface area contributed by atoms with Crippen molar-refractivity contribution in [3.05, 3.63) is 104 Å². The highest BCUT2D eigenvalue weighted by Crippen LogP contribution is 2.31. The zero-order valence-corrected chi connectivity index (χ0v) is 20.8. The minimum Gasteiger partial charge on any atom is -0.397 e. The molecule has 4 aromatic heterocycles. The van der Waals surface area contributed by atoms with Gasteiger partial charge in [-0.05, 0) is 43.2 Å². The molecular formula is C30H29N7. The first-order valence-corrected chi connectivity index (χ1v) is 12.3. The highest BCUT2D eigenvalue weighted by atomic mass is 14.9. The highest BCUT2D eigenvalue weighted by molar-refractivity contribution is 5.94. The molecule has 0 radical (unpaired) electrons. The maximum atomic E-state index is 6.35. The molecule has 4 N–H and O–H groups in total. The van der Waals surface area contributed by atoms with E-state index < -0.39 is 0 Å². The number of allylic oxidation sites excluding steroid dienone is 1. The summed E-state index contributed by atoms with van der Waals surface area (Å²) < 4.78 is 0. The Morgan fingerprint density at radius 2 is 1.84 bits per heavy atom. The number of nitrogens with one attached hydrogen (secondary N) is 2. The van der Waals surface area contributed by atoms with Gasteiger partial charge in [-0.2, -0.15) is 0 Å². The number of benzene rings is 1. The van der Waals surface area contributed by atoms with Gasteiger partial charge in [0.15, 0.2) is 0 Å².